The highest BCUT2D eigenvalue weighted by atomic mass is 19.4. The molecule has 0 radical (unpaired) electrons. The smallest absolute Gasteiger partial charge is 0.381 e. The van der Waals surface area contributed by atoms with Crippen molar-refractivity contribution in [1.82, 2.24) is 10.6 Å². The van der Waals surface area contributed by atoms with E-state index >= 15 is 0 Å². The van der Waals surface area contributed by atoms with Crippen molar-refractivity contribution >= 4 is 5.96 Å². The number of halogens is 4. The van der Waals surface area contributed by atoms with Crippen LogP contribution in [0.2, 0.25) is 0 Å². The van der Waals surface area contributed by atoms with Crippen molar-refractivity contribution in [1.29, 1.82) is 0 Å². The lowest BCUT2D eigenvalue weighted by molar-refractivity contribution is -0.138. The Balaban J connectivity index is 1.71. The first-order valence-corrected chi connectivity index (χ1v) is 8.85. The summed E-state index contributed by atoms with van der Waals surface area (Å²) in [5.41, 5.74) is -1.04. The van der Waals surface area contributed by atoms with Crippen molar-refractivity contribution in [3.63, 3.8) is 0 Å². The summed E-state index contributed by atoms with van der Waals surface area (Å²) in [5.74, 6) is -0.0830. The number of ether oxygens (including phenoxy) is 2. The Labute approximate surface area is 156 Å². The summed E-state index contributed by atoms with van der Waals surface area (Å²) in [6.45, 7) is 3.25. The third kappa shape index (κ3) is 7.34. The van der Waals surface area contributed by atoms with Crippen molar-refractivity contribution in [2.75, 3.05) is 40.0 Å². The average molecular weight is 391 g/mol. The van der Waals surface area contributed by atoms with Gasteiger partial charge in [0.05, 0.1) is 18.8 Å². The van der Waals surface area contributed by atoms with Gasteiger partial charge in [-0.2, -0.15) is 13.2 Å². The van der Waals surface area contributed by atoms with E-state index in [0.717, 1.165) is 38.2 Å². The summed E-state index contributed by atoms with van der Waals surface area (Å²) >= 11 is 0. The molecule has 1 aliphatic rings. The van der Waals surface area contributed by atoms with Gasteiger partial charge in [0.25, 0.3) is 0 Å². The summed E-state index contributed by atoms with van der Waals surface area (Å²) in [7, 11) is 1.53. The van der Waals surface area contributed by atoms with Crippen LogP contribution in [0.1, 0.15) is 24.0 Å². The van der Waals surface area contributed by atoms with E-state index in [1.54, 1.807) is 0 Å². The van der Waals surface area contributed by atoms with E-state index < -0.39 is 17.6 Å². The van der Waals surface area contributed by atoms with Crippen molar-refractivity contribution in [2.24, 2.45) is 10.9 Å². The van der Waals surface area contributed by atoms with E-state index in [9.17, 15) is 17.6 Å². The Morgan fingerprint density at radius 2 is 2.15 bits per heavy atom. The summed E-state index contributed by atoms with van der Waals surface area (Å²) in [5, 5.41) is 5.83. The fourth-order valence-corrected chi connectivity index (χ4v) is 2.71. The predicted octanol–water partition coefficient (Wildman–Crippen LogP) is 2.95. The molecule has 0 aromatic heterocycles. The summed E-state index contributed by atoms with van der Waals surface area (Å²) in [4.78, 5) is 3.98. The van der Waals surface area contributed by atoms with Crippen molar-refractivity contribution < 1.29 is 27.0 Å². The number of alkyl halides is 3. The molecule has 1 atom stereocenters. The second-order valence-electron chi connectivity index (χ2n) is 6.31. The monoisotopic (exact) mass is 391 g/mol. The molecular formula is C18H25F4N3O2. The second-order valence-corrected chi connectivity index (χ2v) is 6.31. The quantitative estimate of drug-likeness (QED) is 0.310. The van der Waals surface area contributed by atoms with Gasteiger partial charge in [-0.15, -0.1) is 0 Å². The third-order valence-corrected chi connectivity index (χ3v) is 4.18. The molecule has 0 bridgehead atoms. The maximum atomic E-state index is 13.1. The molecule has 0 aliphatic carbocycles. The molecule has 0 amide bonds. The molecule has 1 aromatic rings. The molecular weight excluding hydrogens is 366 g/mol. The number of rotatable bonds is 8. The van der Waals surface area contributed by atoms with E-state index in [2.05, 4.69) is 15.6 Å². The van der Waals surface area contributed by atoms with Crippen molar-refractivity contribution in [3.05, 3.63) is 35.1 Å². The van der Waals surface area contributed by atoms with Crippen LogP contribution >= 0.6 is 0 Å². The molecule has 2 N–H and O–H groups in total. The molecule has 1 heterocycles. The lowest BCUT2D eigenvalue weighted by Gasteiger charge is -2.16. The van der Waals surface area contributed by atoms with E-state index in [1.165, 1.54) is 7.05 Å². The van der Waals surface area contributed by atoms with Gasteiger partial charge < -0.3 is 20.1 Å². The van der Waals surface area contributed by atoms with Crippen LogP contribution in [0.25, 0.3) is 0 Å². The van der Waals surface area contributed by atoms with Crippen molar-refractivity contribution in [3.8, 4) is 0 Å². The molecule has 2 rings (SSSR count). The average Bonchev–Trinajstić information content (AvgIpc) is 3.14. The minimum atomic E-state index is -4.61. The van der Waals surface area contributed by atoms with E-state index in [4.69, 9.17) is 9.47 Å². The zero-order chi connectivity index (χ0) is 19.7. The fourth-order valence-electron chi connectivity index (χ4n) is 2.71. The molecule has 1 aliphatic heterocycles. The zero-order valence-electron chi connectivity index (χ0n) is 15.2. The lowest BCUT2D eigenvalue weighted by Crippen LogP contribution is -2.38. The van der Waals surface area contributed by atoms with Crippen LogP contribution in [0, 0.1) is 11.7 Å². The molecule has 9 heteroatoms. The maximum absolute atomic E-state index is 13.1. The minimum Gasteiger partial charge on any atom is -0.381 e. The van der Waals surface area contributed by atoms with E-state index in [0.29, 0.717) is 37.7 Å². The Bertz CT molecular complexity index is 617. The number of guanidine groups is 1. The number of benzene rings is 1. The minimum absolute atomic E-state index is 0.0473. The zero-order valence-corrected chi connectivity index (χ0v) is 15.2. The van der Waals surface area contributed by atoms with Gasteiger partial charge in [0.2, 0.25) is 0 Å². The lowest BCUT2D eigenvalue weighted by atomic mass is 10.1. The summed E-state index contributed by atoms with van der Waals surface area (Å²) in [6.07, 6.45) is -2.85. The normalized spacial score (nSPS) is 18.0. The molecule has 152 valence electrons. The van der Waals surface area contributed by atoms with E-state index in [-0.39, 0.29) is 12.1 Å². The third-order valence-electron chi connectivity index (χ3n) is 4.18. The van der Waals surface area contributed by atoms with E-state index in [1.807, 2.05) is 0 Å². The maximum Gasteiger partial charge on any atom is 0.416 e. The Hall–Kier alpha value is -1.87. The van der Waals surface area contributed by atoms with Gasteiger partial charge in [0, 0.05) is 39.3 Å². The Morgan fingerprint density at radius 3 is 2.81 bits per heavy atom. The Kier molecular flexibility index (Phi) is 8.30. The highest BCUT2D eigenvalue weighted by Crippen LogP contribution is 2.32. The number of aliphatic imine (C=N–C) groups is 1. The van der Waals surface area contributed by atoms with Gasteiger partial charge in [0.1, 0.15) is 5.82 Å². The SMILES string of the molecule is CN=C(NCCCOCC1CCOC1)NCc1ccc(F)cc1C(F)(F)F. The molecule has 1 saturated heterocycles. The van der Waals surface area contributed by atoms with Crippen LogP contribution in [-0.4, -0.2) is 46.0 Å². The second kappa shape index (κ2) is 10.5. The van der Waals surface area contributed by atoms with Crippen molar-refractivity contribution in [2.45, 2.75) is 25.6 Å². The summed E-state index contributed by atoms with van der Waals surface area (Å²) < 4.78 is 63.0. The topological polar surface area (TPSA) is 54.9 Å². The number of hydrogen-bond donors (Lipinski definition) is 2. The molecule has 27 heavy (non-hydrogen) atoms. The van der Waals surface area contributed by atoms with Gasteiger partial charge in [-0.1, -0.05) is 6.07 Å². The van der Waals surface area contributed by atoms with Gasteiger partial charge in [-0.05, 0) is 30.5 Å². The highest BCUT2D eigenvalue weighted by molar-refractivity contribution is 5.79. The predicted molar refractivity (Wildman–Crippen MR) is 94.0 cm³/mol. The Morgan fingerprint density at radius 1 is 1.33 bits per heavy atom. The molecule has 1 unspecified atom stereocenters. The summed E-state index contributed by atoms with van der Waals surface area (Å²) in [6, 6.07) is 2.63. The molecule has 0 saturated carbocycles. The van der Waals surface area contributed by atoms with Gasteiger partial charge >= 0.3 is 6.18 Å². The first-order chi connectivity index (χ1) is 12.9. The molecule has 5 nitrogen and oxygen atoms in total. The van der Waals surface area contributed by atoms with Crippen LogP contribution in [-0.2, 0) is 22.2 Å². The number of nitrogens with zero attached hydrogens (tertiary/aromatic N) is 1. The first-order valence-electron chi connectivity index (χ1n) is 8.85. The number of nitrogens with one attached hydrogen (secondary N) is 2. The molecule has 1 aromatic carbocycles. The van der Waals surface area contributed by atoms with Crippen LogP contribution in [0.15, 0.2) is 23.2 Å². The first kappa shape index (κ1) is 21.4. The largest absolute Gasteiger partial charge is 0.416 e. The van der Waals surface area contributed by atoms with Gasteiger partial charge in [0.15, 0.2) is 5.96 Å². The van der Waals surface area contributed by atoms with Crippen LogP contribution < -0.4 is 10.6 Å². The molecule has 1 fully saturated rings. The van der Waals surface area contributed by atoms with Crippen LogP contribution in [0.3, 0.4) is 0 Å². The van der Waals surface area contributed by atoms with Gasteiger partial charge in [-0.25, -0.2) is 4.39 Å². The van der Waals surface area contributed by atoms with Crippen LogP contribution in [0.5, 0.6) is 0 Å². The molecule has 0 spiro atoms. The fraction of sp³-hybridized carbons (Fsp3) is 0.611. The number of hydrogen-bond acceptors (Lipinski definition) is 3. The highest BCUT2D eigenvalue weighted by Gasteiger charge is 2.33. The van der Waals surface area contributed by atoms with Crippen LogP contribution in [0.4, 0.5) is 17.6 Å². The standard InChI is InChI=1S/C18H25F4N3O2/c1-23-17(24-6-2-7-26-11-13-5-8-27-12-13)25-10-14-3-4-15(19)9-16(14)18(20,21)22/h3-4,9,13H,2,5-8,10-12H2,1H3,(H2,23,24,25). The van der Waals surface area contributed by atoms with Gasteiger partial charge in [-0.3, -0.25) is 4.99 Å².